The lowest BCUT2D eigenvalue weighted by molar-refractivity contribution is 0.226. The van der Waals surface area contributed by atoms with E-state index in [0.29, 0.717) is 19.5 Å². The van der Waals surface area contributed by atoms with Gasteiger partial charge < -0.3 is 24.7 Å². The van der Waals surface area contributed by atoms with Crippen LogP contribution in [0.5, 0.6) is 0 Å². The number of hydrogen-bond donors (Lipinski definition) is 5. The smallest absolute Gasteiger partial charge is 0.390 e. The van der Waals surface area contributed by atoms with Gasteiger partial charge in [0.05, 0.1) is 12.0 Å². The third-order valence-corrected chi connectivity index (χ3v) is 3.12. The van der Waals surface area contributed by atoms with Gasteiger partial charge in [-0.3, -0.25) is 0 Å². The second-order valence-electron chi connectivity index (χ2n) is 3.53. The summed E-state index contributed by atoms with van der Waals surface area (Å²) in [5.41, 5.74) is 1.98. The van der Waals surface area contributed by atoms with E-state index in [9.17, 15) is 0 Å². The monoisotopic (exact) mass is 231 g/mol. The quantitative estimate of drug-likeness (QED) is 0.323. The Hall–Kier alpha value is -0.733. The van der Waals surface area contributed by atoms with Crippen molar-refractivity contribution in [2.24, 2.45) is 0 Å². The molecule has 0 amide bonds. The summed E-state index contributed by atoms with van der Waals surface area (Å²) in [5, 5.41) is 3.11. The van der Waals surface area contributed by atoms with Gasteiger partial charge in [0.15, 0.2) is 0 Å². The molecule has 0 atom stereocenters. The first-order valence-corrected chi connectivity index (χ1v) is 6.90. The molecule has 7 heteroatoms. The minimum Gasteiger partial charge on any atom is -0.390 e. The highest BCUT2D eigenvalue weighted by atomic mass is 28.4. The summed E-state index contributed by atoms with van der Waals surface area (Å²) >= 11 is 0. The topological polar surface area (TPSA) is 101 Å². The first-order valence-electron chi connectivity index (χ1n) is 4.86. The second-order valence-corrected chi connectivity index (χ2v) is 5.58. The molecule has 1 heterocycles. The molecule has 1 aromatic rings. The maximum atomic E-state index is 8.75. The summed E-state index contributed by atoms with van der Waals surface area (Å²) in [6, 6.07) is 0.0690. The second kappa shape index (κ2) is 5.38. The highest BCUT2D eigenvalue weighted by Gasteiger charge is 2.25. The fourth-order valence-corrected chi connectivity index (χ4v) is 1.87. The molecular weight excluding hydrogens is 214 g/mol. The van der Waals surface area contributed by atoms with Crippen molar-refractivity contribution < 1.29 is 14.4 Å². The lowest BCUT2D eigenvalue weighted by Gasteiger charge is -2.09. The Morgan fingerprint density at radius 1 is 1.47 bits per heavy atom. The maximum Gasteiger partial charge on any atom is 0.492 e. The summed E-state index contributed by atoms with van der Waals surface area (Å²) in [5.74, 6) is 0. The Balaban J connectivity index is 2.10. The van der Waals surface area contributed by atoms with Crippen LogP contribution in [0.15, 0.2) is 6.33 Å². The first-order chi connectivity index (χ1) is 6.99. The van der Waals surface area contributed by atoms with Gasteiger partial charge in [-0.05, 0) is 19.9 Å². The number of aromatic nitrogens is 2. The highest BCUT2D eigenvalue weighted by molar-refractivity contribution is 6.56. The van der Waals surface area contributed by atoms with E-state index in [-0.39, 0.29) is 6.04 Å². The van der Waals surface area contributed by atoms with Gasteiger partial charge in [-0.25, -0.2) is 4.98 Å². The van der Waals surface area contributed by atoms with Crippen LogP contribution in [-0.4, -0.2) is 39.7 Å². The van der Waals surface area contributed by atoms with E-state index >= 15 is 0 Å². The summed E-state index contributed by atoms with van der Waals surface area (Å²) in [6.45, 7) is 3.21. The van der Waals surface area contributed by atoms with Crippen molar-refractivity contribution in [2.45, 2.75) is 25.9 Å². The molecule has 1 aromatic heterocycles. The van der Waals surface area contributed by atoms with E-state index in [0.717, 1.165) is 11.4 Å². The number of nitrogens with one attached hydrogen (secondary N) is 2. The van der Waals surface area contributed by atoms with Crippen LogP contribution >= 0.6 is 0 Å². The minimum atomic E-state index is -3.85. The molecule has 15 heavy (non-hydrogen) atoms. The Kier molecular flexibility index (Phi) is 4.42. The molecule has 0 unspecified atom stereocenters. The van der Waals surface area contributed by atoms with Crippen LogP contribution in [0, 0.1) is 6.92 Å². The fourth-order valence-electron chi connectivity index (χ4n) is 1.22. The van der Waals surface area contributed by atoms with E-state index < -0.39 is 8.80 Å². The summed E-state index contributed by atoms with van der Waals surface area (Å²) in [6.07, 6.45) is 2.18. The molecule has 0 aliphatic rings. The average Bonchev–Trinajstić information content (AvgIpc) is 2.49. The molecule has 86 valence electrons. The average molecular weight is 231 g/mol. The Morgan fingerprint density at radius 2 is 2.20 bits per heavy atom. The third kappa shape index (κ3) is 5.05. The van der Waals surface area contributed by atoms with Crippen LogP contribution in [-0.2, 0) is 6.54 Å². The largest absolute Gasteiger partial charge is 0.492 e. The van der Waals surface area contributed by atoms with Crippen LogP contribution < -0.4 is 5.32 Å². The van der Waals surface area contributed by atoms with Crippen molar-refractivity contribution in [1.29, 1.82) is 0 Å². The third-order valence-electron chi connectivity index (χ3n) is 2.09. The molecule has 0 fully saturated rings. The molecule has 0 aromatic carbocycles. The van der Waals surface area contributed by atoms with Crippen LogP contribution in [0.1, 0.15) is 17.8 Å². The van der Waals surface area contributed by atoms with Crippen molar-refractivity contribution in [3.63, 3.8) is 0 Å². The fraction of sp³-hybridized carbons (Fsp3) is 0.625. The van der Waals surface area contributed by atoms with Gasteiger partial charge in [0, 0.05) is 18.3 Å². The van der Waals surface area contributed by atoms with Crippen molar-refractivity contribution in [1.82, 2.24) is 15.3 Å². The first kappa shape index (κ1) is 12.3. The lowest BCUT2D eigenvalue weighted by Crippen LogP contribution is -2.35. The zero-order valence-corrected chi connectivity index (χ0v) is 9.69. The predicted molar refractivity (Wildman–Crippen MR) is 56.9 cm³/mol. The van der Waals surface area contributed by atoms with Gasteiger partial charge in [-0.15, -0.1) is 0 Å². The van der Waals surface area contributed by atoms with Crippen molar-refractivity contribution in [2.75, 3.05) is 6.54 Å². The van der Waals surface area contributed by atoms with E-state index in [4.69, 9.17) is 14.4 Å². The Labute approximate surface area is 89.4 Å². The van der Waals surface area contributed by atoms with Crippen LogP contribution in [0.3, 0.4) is 0 Å². The number of aryl methyl sites for hydroxylation is 1. The van der Waals surface area contributed by atoms with Gasteiger partial charge in [0.2, 0.25) is 0 Å². The summed E-state index contributed by atoms with van der Waals surface area (Å²) in [4.78, 5) is 33.3. The lowest BCUT2D eigenvalue weighted by atomic mass is 10.3. The standard InChI is InChI=1S/C8H17N3O3Si/c1-7-8(11-6-10-7)5-9-3-2-4-15(12,13)14/h6,9,12-14H,2-5H2,1H3,(H,10,11). The molecule has 0 saturated heterocycles. The highest BCUT2D eigenvalue weighted by Crippen LogP contribution is 2.01. The molecular formula is C8H17N3O3Si. The van der Waals surface area contributed by atoms with Gasteiger partial charge in [0.25, 0.3) is 0 Å². The number of hydrogen-bond acceptors (Lipinski definition) is 5. The van der Waals surface area contributed by atoms with Gasteiger partial charge in [-0.1, -0.05) is 0 Å². The molecule has 0 aliphatic carbocycles. The van der Waals surface area contributed by atoms with Crippen molar-refractivity contribution >= 4 is 8.80 Å². The molecule has 0 bridgehead atoms. The van der Waals surface area contributed by atoms with Gasteiger partial charge >= 0.3 is 8.80 Å². The van der Waals surface area contributed by atoms with E-state index in [1.807, 2.05) is 6.92 Å². The molecule has 0 radical (unpaired) electrons. The molecule has 0 spiro atoms. The summed E-state index contributed by atoms with van der Waals surface area (Å²) in [7, 11) is -3.85. The van der Waals surface area contributed by atoms with Crippen molar-refractivity contribution in [3.05, 3.63) is 17.7 Å². The number of H-pyrrole nitrogens is 1. The maximum absolute atomic E-state index is 8.75. The normalized spacial score (nSPS) is 12.0. The summed E-state index contributed by atoms with van der Waals surface area (Å²) < 4.78 is 0. The van der Waals surface area contributed by atoms with Crippen LogP contribution in [0.4, 0.5) is 0 Å². The van der Waals surface area contributed by atoms with E-state index in [1.165, 1.54) is 0 Å². The van der Waals surface area contributed by atoms with E-state index in [2.05, 4.69) is 15.3 Å². The zero-order chi connectivity index (χ0) is 11.3. The molecule has 0 aliphatic heterocycles. The van der Waals surface area contributed by atoms with Gasteiger partial charge in [-0.2, -0.15) is 0 Å². The van der Waals surface area contributed by atoms with E-state index in [1.54, 1.807) is 6.33 Å². The van der Waals surface area contributed by atoms with Crippen LogP contribution in [0.2, 0.25) is 6.04 Å². The van der Waals surface area contributed by atoms with Gasteiger partial charge in [0.1, 0.15) is 0 Å². The Bertz CT molecular complexity index is 298. The minimum absolute atomic E-state index is 0.0690. The molecule has 5 N–H and O–H groups in total. The SMILES string of the molecule is Cc1[nH]cnc1CNCCC[Si](O)(O)O. The molecule has 0 saturated carbocycles. The zero-order valence-electron chi connectivity index (χ0n) is 8.69. The van der Waals surface area contributed by atoms with Crippen LogP contribution in [0.25, 0.3) is 0 Å². The van der Waals surface area contributed by atoms with Crippen molar-refractivity contribution in [3.8, 4) is 0 Å². The molecule has 6 nitrogen and oxygen atoms in total. The number of aromatic amines is 1. The predicted octanol–water partition coefficient (Wildman–Crippen LogP) is -0.886. The number of imidazole rings is 1. The molecule has 1 rings (SSSR count). The number of rotatable bonds is 6. The number of nitrogens with zero attached hydrogens (tertiary/aromatic N) is 1. The Morgan fingerprint density at radius 3 is 2.73 bits per heavy atom.